The van der Waals surface area contributed by atoms with Crippen LogP contribution in [-0.4, -0.2) is 0 Å². The Balaban J connectivity index is 1.95. The van der Waals surface area contributed by atoms with E-state index >= 15 is 0 Å². The number of halogens is 1. The molecule has 4 rings (SSSR count). The highest BCUT2D eigenvalue weighted by Gasteiger charge is 2.05. The van der Waals surface area contributed by atoms with Crippen LogP contribution in [-0.2, 0) is 0 Å². The molecule has 3 aromatic rings. The van der Waals surface area contributed by atoms with E-state index in [4.69, 9.17) is 21.6 Å². The van der Waals surface area contributed by atoms with Crippen LogP contribution in [0.1, 0.15) is 11.1 Å². The van der Waals surface area contributed by atoms with Crippen LogP contribution < -0.4 is 10.7 Å². The molecular formula is C22H15ClN2. The maximum atomic E-state index is 6.02. The van der Waals surface area contributed by atoms with Crippen molar-refractivity contribution >= 4 is 23.0 Å². The Morgan fingerprint density at radius 3 is 1.56 bits per heavy atom. The zero-order chi connectivity index (χ0) is 17.1. The van der Waals surface area contributed by atoms with E-state index in [1.807, 2.05) is 78.9 Å². The fourth-order valence-corrected chi connectivity index (χ4v) is 2.82. The monoisotopic (exact) mass is 342 g/mol. The van der Waals surface area contributed by atoms with E-state index < -0.39 is 0 Å². The molecule has 1 aliphatic rings. The van der Waals surface area contributed by atoms with Crippen molar-refractivity contribution in [1.82, 2.24) is 0 Å². The maximum absolute atomic E-state index is 6.02. The van der Waals surface area contributed by atoms with Gasteiger partial charge in [-0.2, -0.15) is 0 Å². The molecule has 0 saturated heterocycles. The van der Waals surface area contributed by atoms with Gasteiger partial charge in [-0.1, -0.05) is 66.2 Å². The number of fused-ring (bicyclic) bond motifs is 1. The molecule has 1 heterocycles. The fourth-order valence-electron chi connectivity index (χ4n) is 2.70. The van der Waals surface area contributed by atoms with Gasteiger partial charge in [-0.15, -0.1) is 0 Å². The number of para-hydroxylation sites is 2. The second-order valence-electron chi connectivity index (χ2n) is 5.69. The molecule has 0 N–H and O–H groups in total. The van der Waals surface area contributed by atoms with Gasteiger partial charge in [0.1, 0.15) is 0 Å². The number of nitrogens with zero attached hydrogens (tertiary/aromatic N) is 2. The first-order valence-electron chi connectivity index (χ1n) is 8.05. The van der Waals surface area contributed by atoms with Crippen LogP contribution in [0.4, 0.5) is 0 Å². The lowest BCUT2D eigenvalue weighted by Crippen LogP contribution is -2.25. The second-order valence-corrected chi connectivity index (χ2v) is 6.13. The number of rotatable bonds is 2. The standard InChI is InChI=1S/C22H15ClN2/c23-18-12-10-17(11-13-18)20-15-14-19(16-6-2-1-3-7-16)24-21-8-4-5-9-22(21)25-20/h1-15H/b15-14?,19-14-,20-15-,24-19?,24-21?,25-20?,25-22?. The zero-order valence-corrected chi connectivity index (χ0v) is 14.2. The molecule has 0 amide bonds. The molecule has 3 aromatic carbocycles. The van der Waals surface area contributed by atoms with Crippen LogP contribution in [0.5, 0.6) is 0 Å². The lowest BCUT2D eigenvalue weighted by Gasteiger charge is -2.06. The summed E-state index contributed by atoms with van der Waals surface area (Å²) >= 11 is 6.02. The number of benzene rings is 3. The lowest BCUT2D eigenvalue weighted by molar-refractivity contribution is 1.22. The summed E-state index contributed by atoms with van der Waals surface area (Å²) in [6.45, 7) is 0. The minimum atomic E-state index is 0.714. The average Bonchev–Trinajstić information content (AvgIpc) is 2.64. The fraction of sp³-hybridized carbons (Fsp3) is 0. The Morgan fingerprint density at radius 1 is 0.520 bits per heavy atom. The summed E-state index contributed by atoms with van der Waals surface area (Å²) in [5, 5.41) is 2.42. The molecule has 0 aromatic heterocycles. The van der Waals surface area contributed by atoms with E-state index in [1.54, 1.807) is 0 Å². The molecule has 0 spiro atoms. The van der Waals surface area contributed by atoms with Gasteiger partial charge in [-0.3, -0.25) is 0 Å². The van der Waals surface area contributed by atoms with Crippen molar-refractivity contribution in [3.63, 3.8) is 0 Å². The van der Waals surface area contributed by atoms with Crippen LogP contribution in [0, 0.1) is 0 Å². The highest BCUT2D eigenvalue weighted by Crippen LogP contribution is 2.21. The third kappa shape index (κ3) is 3.44. The SMILES string of the molecule is Clc1ccc(/C2=C/C=C(/c3ccccc3)N=c3ccccc3=N2)cc1. The number of hydrogen-bond acceptors (Lipinski definition) is 2. The van der Waals surface area contributed by atoms with Crippen molar-refractivity contribution in [3.8, 4) is 0 Å². The van der Waals surface area contributed by atoms with Gasteiger partial charge in [0.2, 0.25) is 0 Å². The highest BCUT2D eigenvalue weighted by atomic mass is 35.5. The van der Waals surface area contributed by atoms with E-state index in [0.717, 1.165) is 33.2 Å². The Kier molecular flexibility index (Phi) is 4.28. The molecule has 1 aliphatic heterocycles. The van der Waals surface area contributed by atoms with Gasteiger partial charge in [0, 0.05) is 16.1 Å². The maximum Gasteiger partial charge on any atom is 0.0893 e. The number of allylic oxidation sites excluding steroid dienone is 2. The third-order valence-corrected chi connectivity index (χ3v) is 4.22. The first-order chi connectivity index (χ1) is 12.3. The Hall–Kier alpha value is -2.97. The van der Waals surface area contributed by atoms with Gasteiger partial charge >= 0.3 is 0 Å². The van der Waals surface area contributed by atoms with E-state index in [0.29, 0.717) is 5.02 Å². The normalized spacial score (nSPS) is 17.5. The molecular weight excluding hydrogens is 328 g/mol. The Bertz CT molecular complexity index is 1080. The topological polar surface area (TPSA) is 24.7 Å². The van der Waals surface area contributed by atoms with E-state index in [-0.39, 0.29) is 0 Å². The minimum absolute atomic E-state index is 0.714. The summed E-state index contributed by atoms with van der Waals surface area (Å²) in [5.74, 6) is 0. The Labute approximate surface area is 151 Å². The molecule has 0 fully saturated rings. The van der Waals surface area contributed by atoms with Gasteiger partial charge in [0.25, 0.3) is 0 Å². The minimum Gasteiger partial charge on any atom is -0.246 e. The van der Waals surface area contributed by atoms with E-state index in [2.05, 4.69) is 12.1 Å². The first-order valence-corrected chi connectivity index (χ1v) is 8.43. The van der Waals surface area contributed by atoms with Gasteiger partial charge in [-0.25, -0.2) is 9.98 Å². The van der Waals surface area contributed by atoms with E-state index in [1.165, 1.54) is 0 Å². The van der Waals surface area contributed by atoms with Crippen LogP contribution >= 0.6 is 11.6 Å². The lowest BCUT2D eigenvalue weighted by atomic mass is 10.1. The van der Waals surface area contributed by atoms with Crippen molar-refractivity contribution in [2.75, 3.05) is 0 Å². The van der Waals surface area contributed by atoms with Gasteiger partial charge in [0.15, 0.2) is 0 Å². The molecule has 120 valence electrons. The zero-order valence-electron chi connectivity index (χ0n) is 13.4. The third-order valence-electron chi connectivity index (χ3n) is 3.97. The molecule has 3 heteroatoms. The molecule has 25 heavy (non-hydrogen) atoms. The summed E-state index contributed by atoms with van der Waals surface area (Å²) in [6.07, 6.45) is 4.02. The van der Waals surface area contributed by atoms with Crippen molar-refractivity contribution in [1.29, 1.82) is 0 Å². The van der Waals surface area contributed by atoms with Gasteiger partial charge in [-0.05, 0) is 36.4 Å². The predicted octanol–water partition coefficient (Wildman–Crippen LogP) is 4.68. The van der Waals surface area contributed by atoms with Crippen molar-refractivity contribution in [2.24, 2.45) is 9.98 Å². The van der Waals surface area contributed by atoms with Crippen LogP contribution in [0.3, 0.4) is 0 Å². The van der Waals surface area contributed by atoms with Crippen molar-refractivity contribution < 1.29 is 0 Å². The molecule has 0 unspecified atom stereocenters. The van der Waals surface area contributed by atoms with Gasteiger partial charge in [0.05, 0.1) is 22.1 Å². The van der Waals surface area contributed by atoms with E-state index in [9.17, 15) is 0 Å². The average molecular weight is 343 g/mol. The quantitative estimate of drug-likeness (QED) is 0.646. The summed E-state index contributed by atoms with van der Waals surface area (Å²) in [5.41, 5.74) is 3.89. The van der Waals surface area contributed by atoms with Crippen LogP contribution in [0.15, 0.2) is 101 Å². The van der Waals surface area contributed by atoms with Crippen molar-refractivity contribution in [2.45, 2.75) is 0 Å². The largest absolute Gasteiger partial charge is 0.246 e. The van der Waals surface area contributed by atoms with Crippen molar-refractivity contribution in [3.05, 3.63) is 118 Å². The molecule has 0 saturated carbocycles. The highest BCUT2D eigenvalue weighted by molar-refractivity contribution is 6.30. The first kappa shape index (κ1) is 15.6. The number of hydrogen-bond donors (Lipinski definition) is 0. The summed E-state index contributed by atoms with van der Waals surface area (Å²) in [4.78, 5) is 9.62. The summed E-state index contributed by atoms with van der Waals surface area (Å²) in [6, 6.07) is 25.8. The second kappa shape index (κ2) is 6.88. The predicted molar refractivity (Wildman–Crippen MR) is 103 cm³/mol. The molecule has 0 bridgehead atoms. The van der Waals surface area contributed by atoms with Gasteiger partial charge < -0.3 is 0 Å². The molecule has 0 radical (unpaired) electrons. The van der Waals surface area contributed by atoms with Crippen LogP contribution in [0.25, 0.3) is 11.4 Å². The molecule has 2 nitrogen and oxygen atoms in total. The Morgan fingerprint density at radius 2 is 1.00 bits per heavy atom. The van der Waals surface area contributed by atoms with Crippen LogP contribution in [0.2, 0.25) is 5.02 Å². The molecule has 0 atom stereocenters. The smallest absolute Gasteiger partial charge is 0.0893 e. The summed E-state index contributed by atoms with van der Waals surface area (Å²) < 4.78 is 0. The molecule has 0 aliphatic carbocycles. The summed E-state index contributed by atoms with van der Waals surface area (Å²) in [7, 11) is 0.